The summed E-state index contributed by atoms with van der Waals surface area (Å²) >= 11 is 5.93. The molecule has 2 aromatic carbocycles. The highest BCUT2D eigenvalue weighted by molar-refractivity contribution is 6.30. The largest absolute Gasteiger partial charge is 0.325 e. The maximum absolute atomic E-state index is 12.7. The molecule has 1 N–H and O–H groups in total. The summed E-state index contributed by atoms with van der Waals surface area (Å²) in [7, 11) is 0. The highest BCUT2D eigenvalue weighted by Gasteiger charge is 2.51. The van der Waals surface area contributed by atoms with Crippen LogP contribution >= 0.6 is 11.6 Å². The van der Waals surface area contributed by atoms with E-state index in [2.05, 4.69) is 11.4 Å². The second-order valence-electron chi connectivity index (χ2n) is 5.86. The van der Waals surface area contributed by atoms with Crippen LogP contribution in [0.25, 0.3) is 0 Å². The molecule has 1 fully saturated rings. The first-order valence-corrected chi connectivity index (χ1v) is 7.54. The first-order valence-electron chi connectivity index (χ1n) is 7.16. The van der Waals surface area contributed by atoms with E-state index in [0.717, 1.165) is 35.2 Å². The first kappa shape index (κ1) is 14.2. The van der Waals surface area contributed by atoms with Crippen molar-refractivity contribution < 1.29 is 4.79 Å². The Morgan fingerprint density at radius 1 is 1.10 bits per heavy atom. The van der Waals surface area contributed by atoms with Crippen molar-refractivity contribution in [3.05, 3.63) is 64.2 Å². The van der Waals surface area contributed by atoms with Crippen LogP contribution in [0.15, 0.2) is 42.5 Å². The fraction of sp³-hybridized carbons (Fsp3) is 0.278. The highest BCUT2D eigenvalue weighted by Crippen LogP contribution is 2.49. The summed E-state index contributed by atoms with van der Waals surface area (Å²) in [6.07, 6.45) is 1.79. The van der Waals surface area contributed by atoms with Crippen LogP contribution < -0.4 is 5.32 Å². The molecule has 1 aliphatic rings. The molecule has 3 heteroatoms. The molecular formula is C18H18ClNO. The number of benzene rings is 2. The third-order valence-electron chi connectivity index (χ3n) is 4.22. The number of halogens is 1. The average molecular weight is 300 g/mol. The average Bonchev–Trinajstić information content (AvgIpc) is 3.25. The molecule has 1 aliphatic carbocycles. The third kappa shape index (κ3) is 2.68. The molecule has 21 heavy (non-hydrogen) atoms. The second-order valence-corrected chi connectivity index (χ2v) is 6.30. The molecule has 0 aliphatic heterocycles. The van der Waals surface area contributed by atoms with Crippen LogP contribution in [-0.2, 0) is 10.2 Å². The minimum atomic E-state index is -0.374. The van der Waals surface area contributed by atoms with Gasteiger partial charge < -0.3 is 5.32 Å². The van der Waals surface area contributed by atoms with Crippen molar-refractivity contribution in [2.45, 2.75) is 32.1 Å². The quantitative estimate of drug-likeness (QED) is 0.880. The first-order chi connectivity index (χ1) is 10.0. The van der Waals surface area contributed by atoms with Gasteiger partial charge in [-0.2, -0.15) is 0 Å². The van der Waals surface area contributed by atoms with Gasteiger partial charge in [-0.25, -0.2) is 0 Å². The molecule has 0 unspecified atom stereocenters. The van der Waals surface area contributed by atoms with Crippen LogP contribution in [0.2, 0.25) is 5.02 Å². The van der Waals surface area contributed by atoms with Gasteiger partial charge in [0.1, 0.15) is 0 Å². The van der Waals surface area contributed by atoms with Gasteiger partial charge in [0.2, 0.25) is 5.91 Å². The van der Waals surface area contributed by atoms with Gasteiger partial charge in [-0.3, -0.25) is 4.79 Å². The van der Waals surface area contributed by atoms with Gasteiger partial charge in [-0.15, -0.1) is 0 Å². The molecule has 1 saturated carbocycles. The zero-order valence-electron chi connectivity index (χ0n) is 12.2. The Morgan fingerprint density at radius 3 is 2.38 bits per heavy atom. The van der Waals surface area contributed by atoms with E-state index in [1.54, 1.807) is 0 Å². The molecule has 1 amide bonds. The van der Waals surface area contributed by atoms with Crippen molar-refractivity contribution in [1.82, 2.24) is 0 Å². The lowest BCUT2D eigenvalue weighted by Crippen LogP contribution is -2.28. The zero-order valence-corrected chi connectivity index (χ0v) is 13.0. The fourth-order valence-corrected chi connectivity index (χ4v) is 2.78. The molecule has 0 bridgehead atoms. The molecule has 0 spiro atoms. The predicted octanol–water partition coefficient (Wildman–Crippen LogP) is 4.63. The number of nitrogens with one attached hydrogen (secondary N) is 1. The summed E-state index contributed by atoms with van der Waals surface area (Å²) in [6, 6.07) is 13.7. The van der Waals surface area contributed by atoms with Crippen LogP contribution in [0.3, 0.4) is 0 Å². The van der Waals surface area contributed by atoms with E-state index >= 15 is 0 Å². The standard InChI is InChI=1S/C18H18ClNO/c1-12-3-4-13(2)16(11-12)20-17(21)18(9-10-18)14-5-7-15(19)8-6-14/h3-8,11H,9-10H2,1-2H3,(H,20,21). The number of hydrogen-bond donors (Lipinski definition) is 1. The van der Waals surface area contributed by atoms with E-state index < -0.39 is 0 Å². The Balaban J connectivity index is 1.85. The number of anilines is 1. The molecule has 2 aromatic rings. The van der Waals surface area contributed by atoms with E-state index in [-0.39, 0.29) is 11.3 Å². The van der Waals surface area contributed by atoms with Gasteiger partial charge >= 0.3 is 0 Å². The lowest BCUT2D eigenvalue weighted by atomic mass is 9.94. The molecule has 0 atom stereocenters. The van der Waals surface area contributed by atoms with Crippen molar-refractivity contribution in [3.8, 4) is 0 Å². The van der Waals surface area contributed by atoms with E-state index in [9.17, 15) is 4.79 Å². The Hall–Kier alpha value is -1.80. The van der Waals surface area contributed by atoms with Crippen LogP contribution in [-0.4, -0.2) is 5.91 Å². The molecule has 108 valence electrons. The smallest absolute Gasteiger partial charge is 0.235 e. The number of carbonyl (C=O) groups excluding carboxylic acids is 1. The van der Waals surface area contributed by atoms with E-state index in [0.29, 0.717) is 5.02 Å². The van der Waals surface area contributed by atoms with Crippen molar-refractivity contribution in [3.63, 3.8) is 0 Å². The lowest BCUT2D eigenvalue weighted by Gasteiger charge is -2.17. The number of amides is 1. The van der Waals surface area contributed by atoms with Crippen LogP contribution in [0.5, 0.6) is 0 Å². The lowest BCUT2D eigenvalue weighted by molar-refractivity contribution is -0.118. The van der Waals surface area contributed by atoms with E-state index in [1.165, 1.54) is 0 Å². The Morgan fingerprint density at radius 2 is 1.76 bits per heavy atom. The topological polar surface area (TPSA) is 29.1 Å². The van der Waals surface area contributed by atoms with E-state index in [4.69, 9.17) is 11.6 Å². The van der Waals surface area contributed by atoms with Gasteiger partial charge in [0, 0.05) is 10.7 Å². The Kier molecular flexibility index (Phi) is 3.50. The number of carbonyl (C=O) groups is 1. The predicted molar refractivity (Wildman–Crippen MR) is 86.9 cm³/mol. The zero-order chi connectivity index (χ0) is 15.0. The van der Waals surface area contributed by atoms with Gasteiger partial charge in [0.05, 0.1) is 5.41 Å². The van der Waals surface area contributed by atoms with Crippen molar-refractivity contribution >= 4 is 23.2 Å². The minimum absolute atomic E-state index is 0.0820. The molecule has 2 nitrogen and oxygen atoms in total. The summed E-state index contributed by atoms with van der Waals surface area (Å²) in [4.78, 5) is 12.7. The summed E-state index contributed by atoms with van der Waals surface area (Å²) in [5.41, 5.74) is 3.81. The van der Waals surface area contributed by atoms with Gasteiger partial charge in [-0.1, -0.05) is 35.9 Å². The van der Waals surface area contributed by atoms with Gasteiger partial charge in [0.15, 0.2) is 0 Å². The summed E-state index contributed by atoms with van der Waals surface area (Å²) in [6.45, 7) is 4.04. The van der Waals surface area contributed by atoms with E-state index in [1.807, 2.05) is 50.2 Å². The van der Waals surface area contributed by atoms with Crippen molar-refractivity contribution in [2.75, 3.05) is 5.32 Å². The number of aryl methyl sites for hydroxylation is 2. The Bertz CT molecular complexity index is 687. The molecular weight excluding hydrogens is 282 g/mol. The summed E-state index contributed by atoms with van der Waals surface area (Å²) < 4.78 is 0. The van der Waals surface area contributed by atoms with Crippen LogP contribution in [0, 0.1) is 13.8 Å². The van der Waals surface area contributed by atoms with Crippen LogP contribution in [0.1, 0.15) is 29.5 Å². The molecule has 0 saturated heterocycles. The molecule has 0 radical (unpaired) electrons. The summed E-state index contributed by atoms with van der Waals surface area (Å²) in [5, 5.41) is 3.79. The number of hydrogen-bond acceptors (Lipinski definition) is 1. The van der Waals surface area contributed by atoms with Gasteiger partial charge in [-0.05, 0) is 61.6 Å². The third-order valence-corrected chi connectivity index (χ3v) is 4.47. The highest BCUT2D eigenvalue weighted by atomic mass is 35.5. The van der Waals surface area contributed by atoms with Crippen molar-refractivity contribution in [1.29, 1.82) is 0 Å². The maximum Gasteiger partial charge on any atom is 0.235 e. The summed E-state index contributed by atoms with van der Waals surface area (Å²) in [5.74, 6) is 0.0820. The second kappa shape index (κ2) is 5.19. The van der Waals surface area contributed by atoms with Crippen LogP contribution in [0.4, 0.5) is 5.69 Å². The monoisotopic (exact) mass is 299 g/mol. The Labute approximate surface area is 130 Å². The van der Waals surface area contributed by atoms with Crippen molar-refractivity contribution in [2.24, 2.45) is 0 Å². The maximum atomic E-state index is 12.7. The minimum Gasteiger partial charge on any atom is -0.325 e. The molecule has 3 rings (SSSR count). The molecule has 0 aromatic heterocycles. The normalized spacial score (nSPS) is 15.6. The SMILES string of the molecule is Cc1ccc(C)c(NC(=O)C2(c3ccc(Cl)cc3)CC2)c1. The molecule has 0 heterocycles. The van der Waals surface area contributed by atoms with Gasteiger partial charge in [0.25, 0.3) is 0 Å². The number of rotatable bonds is 3. The fourth-order valence-electron chi connectivity index (χ4n) is 2.65.